The fourth-order valence-corrected chi connectivity index (χ4v) is 9.17. The molecule has 10 atom stereocenters. The van der Waals surface area contributed by atoms with Gasteiger partial charge in [-0.05, 0) is 113 Å². The first-order valence-electron chi connectivity index (χ1n) is 15.1. The van der Waals surface area contributed by atoms with Crippen molar-refractivity contribution in [3.05, 3.63) is 35.7 Å². The molecule has 0 saturated heterocycles. The van der Waals surface area contributed by atoms with E-state index in [9.17, 15) is 35.1 Å². The molecule has 4 aliphatic rings. The van der Waals surface area contributed by atoms with Gasteiger partial charge in [-0.3, -0.25) is 4.79 Å². The zero-order chi connectivity index (χ0) is 30.2. The summed E-state index contributed by atoms with van der Waals surface area (Å²) in [6.07, 6.45) is 3.82. The summed E-state index contributed by atoms with van der Waals surface area (Å²) in [4.78, 5) is 28.8. The zero-order valence-electron chi connectivity index (χ0n) is 24.9. The molecule has 0 bridgehead atoms. The number of ether oxygens (including phenoxy) is 1. The number of rotatable bonds is 7. The van der Waals surface area contributed by atoms with E-state index in [4.69, 9.17) is 4.74 Å². The highest BCUT2D eigenvalue weighted by Crippen LogP contribution is 2.68. The second-order valence-electron chi connectivity index (χ2n) is 14.6. The van der Waals surface area contributed by atoms with Crippen LogP contribution in [0.2, 0.25) is 0 Å². The van der Waals surface area contributed by atoms with Crippen LogP contribution < -0.4 is 0 Å². The summed E-state index contributed by atoms with van der Waals surface area (Å²) in [5.41, 5.74) is -4.14. The number of fused-ring (bicyclic) bond motifs is 5. The molecule has 0 aliphatic heterocycles. The molecule has 5 rings (SSSR count). The van der Waals surface area contributed by atoms with Crippen molar-refractivity contribution >= 4 is 11.8 Å². The number of carbonyl (C=O) groups excluding carboxylic acids is 2. The Hall–Kier alpha value is -2.04. The molecular formula is C32H47NO8. The SMILES string of the molecule is CC(C)(O)[C@@H](CC[C@@](C)(O)[C@@H]1CC[C@]2(O)C3=CC(=O)[C@H]4C[C@@H](O)[C@H](O)C[C@@]4(C)[C@@H]3CC[C@]12C)OC(=O)c1ccc[nH]1. The van der Waals surface area contributed by atoms with Gasteiger partial charge in [-0.1, -0.05) is 13.8 Å². The highest BCUT2D eigenvalue weighted by molar-refractivity contribution is 5.95. The topological polar surface area (TPSA) is 160 Å². The number of aromatic amines is 1. The first-order chi connectivity index (χ1) is 18.9. The molecule has 1 heterocycles. The van der Waals surface area contributed by atoms with Gasteiger partial charge in [-0.25, -0.2) is 4.79 Å². The summed E-state index contributed by atoms with van der Waals surface area (Å²) in [6.45, 7) is 8.93. The van der Waals surface area contributed by atoms with Crippen molar-refractivity contribution in [3.8, 4) is 0 Å². The number of hydrogen-bond acceptors (Lipinski definition) is 8. The maximum atomic E-state index is 13.4. The summed E-state index contributed by atoms with van der Waals surface area (Å²) < 4.78 is 5.66. The second kappa shape index (κ2) is 10.0. The van der Waals surface area contributed by atoms with E-state index in [0.717, 1.165) is 0 Å². The van der Waals surface area contributed by atoms with Gasteiger partial charge in [0.05, 0.1) is 29.0 Å². The predicted molar refractivity (Wildman–Crippen MR) is 151 cm³/mol. The van der Waals surface area contributed by atoms with E-state index < -0.39 is 57.8 Å². The molecular weight excluding hydrogens is 526 g/mol. The van der Waals surface area contributed by atoms with Gasteiger partial charge in [0, 0.05) is 17.5 Å². The van der Waals surface area contributed by atoms with Crippen LogP contribution in [-0.4, -0.2) is 77.4 Å². The van der Waals surface area contributed by atoms with Crippen molar-refractivity contribution in [1.29, 1.82) is 0 Å². The summed E-state index contributed by atoms with van der Waals surface area (Å²) in [5, 5.41) is 56.0. The van der Waals surface area contributed by atoms with E-state index in [2.05, 4.69) is 4.98 Å². The highest BCUT2D eigenvalue weighted by atomic mass is 16.6. The van der Waals surface area contributed by atoms with Crippen LogP contribution in [0.4, 0.5) is 0 Å². The maximum Gasteiger partial charge on any atom is 0.355 e. The van der Waals surface area contributed by atoms with E-state index in [0.29, 0.717) is 37.7 Å². The number of nitrogens with one attached hydrogen (secondary N) is 1. The maximum absolute atomic E-state index is 13.4. The van der Waals surface area contributed by atoms with E-state index in [-0.39, 0.29) is 42.6 Å². The molecule has 0 radical (unpaired) electrons. The predicted octanol–water partition coefficient (Wildman–Crippen LogP) is 3.05. The Morgan fingerprint density at radius 3 is 2.46 bits per heavy atom. The minimum atomic E-state index is -1.34. The molecule has 1 aromatic heterocycles. The number of esters is 1. The number of H-pyrrole nitrogens is 1. The van der Waals surface area contributed by atoms with Gasteiger partial charge in [-0.2, -0.15) is 0 Å². The lowest BCUT2D eigenvalue weighted by atomic mass is 9.45. The van der Waals surface area contributed by atoms with Gasteiger partial charge in [-0.15, -0.1) is 0 Å². The van der Waals surface area contributed by atoms with E-state index >= 15 is 0 Å². The molecule has 9 heteroatoms. The van der Waals surface area contributed by atoms with Gasteiger partial charge in [0.1, 0.15) is 11.8 Å². The summed E-state index contributed by atoms with van der Waals surface area (Å²) in [7, 11) is 0. The lowest BCUT2D eigenvalue weighted by Crippen LogP contribution is -2.62. The molecule has 4 aliphatic carbocycles. The third-order valence-electron chi connectivity index (χ3n) is 11.6. The molecule has 3 fully saturated rings. The van der Waals surface area contributed by atoms with Crippen LogP contribution in [0.3, 0.4) is 0 Å². The van der Waals surface area contributed by atoms with Gasteiger partial charge in [0.2, 0.25) is 0 Å². The molecule has 0 unspecified atom stereocenters. The first-order valence-corrected chi connectivity index (χ1v) is 15.1. The van der Waals surface area contributed by atoms with Crippen LogP contribution in [0, 0.1) is 28.6 Å². The van der Waals surface area contributed by atoms with Gasteiger partial charge in [0.15, 0.2) is 5.78 Å². The molecule has 228 valence electrons. The van der Waals surface area contributed by atoms with Crippen LogP contribution in [0.5, 0.6) is 0 Å². The highest BCUT2D eigenvalue weighted by Gasteiger charge is 2.68. The number of ketones is 1. The van der Waals surface area contributed by atoms with Gasteiger partial charge in [0.25, 0.3) is 0 Å². The van der Waals surface area contributed by atoms with Crippen LogP contribution in [0.1, 0.15) is 96.5 Å². The normalized spacial score (nSPS) is 41.0. The van der Waals surface area contributed by atoms with Crippen LogP contribution in [0.25, 0.3) is 0 Å². The summed E-state index contributed by atoms with van der Waals surface area (Å²) in [5.74, 6) is -1.47. The van der Waals surface area contributed by atoms with Gasteiger partial charge < -0.3 is 35.3 Å². The molecule has 1 aromatic rings. The monoisotopic (exact) mass is 573 g/mol. The summed E-state index contributed by atoms with van der Waals surface area (Å²) >= 11 is 0. The van der Waals surface area contributed by atoms with E-state index in [1.807, 2.05) is 13.8 Å². The Morgan fingerprint density at radius 1 is 1.12 bits per heavy atom. The molecule has 0 aromatic carbocycles. The third-order valence-corrected chi connectivity index (χ3v) is 11.6. The Balaban J connectivity index is 1.37. The van der Waals surface area contributed by atoms with Crippen molar-refractivity contribution in [2.45, 2.75) is 121 Å². The second-order valence-corrected chi connectivity index (χ2v) is 14.6. The Morgan fingerprint density at radius 2 is 1.83 bits per heavy atom. The van der Waals surface area contributed by atoms with Crippen molar-refractivity contribution in [2.24, 2.45) is 28.6 Å². The lowest BCUT2D eigenvalue weighted by molar-refractivity contribution is -0.161. The Kier molecular flexibility index (Phi) is 7.43. The number of aliphatic hydroxyl groups excluding tert-OH is 2. The lowest BCUT2D eigenvalue weighted by Gasteiger charge is -2.60. The van der Waals surface area contributed by atoms with Crippen molar-refractivity contribution < 1.29 is 39.9 Å². The van der Waals surface area contributed by atoms with Gasteiger partial charge >= 0.3 is 5.97 Å². The standard InChI is InChI=1S/C32H47NO8/c1-28(2,38)26(41-27(37)21-7-6-14-33-21)10-12-31(5,39)25-9-13-32(40)19-15-22(34)20-16-23(35)24(36)17-29(20,3)18(19)8-11-30(25,32)4/h6-7,14-15,18,20,23-26,33,35-36,38-40H,8-13,16-17H2,1-5H3/t18-,20-,23-,24-,25-,26-,29+,30-,31-,32+/m1/s1. The summed E-state index contributed by atoms with van der Waals surface area (Å²) in [6, 6.07) is 3.28. The molecule has 0 amide bonds. The van der Waals surface area contributed by atoms with Crippen LogP contribution >= 0.6 is 0 Å². The van der Waals surface area contributed by atoms with E-state index in [1.165, 1.54) is 0 Å². The van der Waals surface area contributed by atoms with Crippen molar-refractivity contribution in [1.82, 2.24) is 4.98 Å². The Labute approximate surface area is 242 Å². The number of hydrogen-bond donors (Lipinski definition) is 6. The van der Waals surface area contributed by atoms with Crippen molar-refractivity contribution in [3.63, 3.8) is 0 Å². The first kappa shape index (κ1) is 30.4. The fourth-order valence-electron chi connectivity index (χ4n) is 9.17. The van der Waals surface area contributed by atoms with Crippen LogP contribution in [0.15, 0.2) is 30.0 Å². The number of aliphatic hydroxyl groups is 5. The fraction of sp³-hybridized carbons (Fsp3) is 0.750. The number of allylic oxidation sites excluding steroid dienone is 1. The molecule has 3 saturated carbocycles. The molecule has 6 N–H and O–H groups in total. The Bertz CT molecular complexity index is 1200. The third kappa shape index (κ3) is 4.82. The minimum Gasteiger partial charge on any atom is -0.455 e. The number of carbonyl (C=O) groups is 2. The minimum absolute atomic E-state index is 0.0962. The molecule has 0 spiro atoms. The van der Waals surface area contributed by atoms with Crippen LogP contribution in [-0.2, 0) is 9.53 Å². The quantitative estimate of drug-likeness (QED) is 0.272. The largest absolute Gasteiger partial charge is 0.455 e. The average molecular weight is 574 g/mol. The zero-order valence-corrected chi connectivity index (χ0v) is 24.9. The average Bonchev–Trinajstić information content (AvgIpc) is 3.50. The van der Waals surface area contributed by atoms with E-state index in [1.54, 1.807) is 45.2 Å². The molecule has 41 heavy (non-hydrogen) atoms. The smallest absolute Gasteiger partial charge is 0.355 e. The van der Waals surface area contributed by atoms with Crippen molar-refractivity contribution in [2.75, 3.05) is 0 Å². The number of aromatic nitrogens is 1. The molecule has 9 nitrogen and oxygen atoms in total.